The number of esters is 1. The number of benzene rings is 3. The highest BCUT2D eigenvalue weighted by atomic mass is 16.5. The molecule has 0 spiro atoms. The van der Waals surface area contributed by atoms with Crippen LogP contribution in [0, 0.1) is 0 Å². The van der Waals surface area contributed by atoms with Crippen LogP contribution in [-0.4, -0.2) is 13.1 Å². The predicted octanol–water partition coefficient (Wildman–Crippen LogP) is 5.51. The van der Waals surface area contributed by atoms with Gasteiger partial charge in [-0.25, -0.2) is 0 Å². The first-order valence-corrected chi connectivity index (χ1v) is 9.69. The van der Waals surface area contributed by atoms with Crippen molar-refractivity contribution in [2.24, 2.45) is 0 Å². The van der Waals surface area contributed by atoms with Crippen LogP contribution in [0.15, 0.2) is 78.9 Å². The van der Waals surface area contributed by atoms with Crippen LogP contribution < -0.4 is 9.47 Å². The molecule has 4 nitrogen and oxygen atoms in total. The second-order valence-electron chi connectivity index (χ2n) is 6.97. The fourth-order valence-corrected chi connectivity index (χ4v) is 2.98. The first-order valence-electron chi connectivity index (χ1n) is 9.69. The zero-order valence-corrected chi connectivity index (χ0v) is 16.8. The normalized spacial score (nSPS) is 11.5. The van der Waals surface area contributed by atoms with E-state index in [0.717, 1.165) is 16.7 Å². The van der Waals surface area contributed by atoms with E-state index in [1.54, 1.807) is 0 Å². The fourth-order valence-electron chi connectivity index (χ4n) is 2.98. The molecule has 0 bridgehead atoms. The molecule has 0 aromatic heterocycles. The summed E-state index contributed by atoms with van der Waals surface area (Å²) in [5, 5.41) is 0. The van der Waals surface area contributed by atoms with Crippen molar-refractivity contribution in [2.75, 3.05) is 7.11 Å². The SMILES string of the molecule is COC(=O)CC(C)c1cc(OCc2ccccc2)cc(OCc2ccccc2)c1. The molecule has 0 N–H and O–H groups in total. The number of carbonyl (C=O) groups excluding carboxylic acids is 1. The number of rotatable bonds is 9. The quantitative estimate of drug-likeness (QED) is 0.452. The highest BCUT2D eigenvalue weighted by Gasteiger charge is 2.14. The topological polar surface area (TPSA) is 44.8 Å². The van der Waals surface area contributed by atoms with Gasteiger partial charge in [0.15, 0.2) is 0 Å². The van der Waals surface area contributed by atoms with Gasteiger partial charge >= 0.3 is 5.97 Å². The van der Waals surface area contributed by atoms with Gasteiger partial charge in [-0.05, 0) is 34.7 Å². The van der Waals surface area contributed by atoms with Gasteiger partial charge in [0.05, 0.1) is 13.5 Å². The standard InChI is InChI=1S/C25H26O4/c1-19(13-25(26)27-2)22-14-23(28-17-20-9-5-3-6-10-20)16-24(15-22)29-18-21-11-7-4-8-12-21/h3-12,14-16,19H,13,17-18H2,1-2H3. The van der Waals surface area contributed by atoms with Crippen LogP contribution in [0.25, 0.3) is 0 Å². The van der Waals surface area contributed by atoms with Gasteiger partial charge in [-0.1, -0.05) is 67.6 Å². The van der Waals surface area contributed by atoms with E-state index < -0.39 is 0 Å². The van der Waals surface area contributed by atoms with Crippen LogP contribution in [0.3, 0.4) is 0 Å². The van der Waals surface area contributed by atoms with E-state index >= 15 is 0 Å². The van der Waals surface area contributed by atoms with E-state index in [9.17, 15) is 4.79 Å². The van der Waals surface area contributed by atoms with Crippen LogP contribution in [0.4, 0.5) is 0 Å². The Morgan fingerprint density at radius 3 is 1.72 bits per heavy atom. The van der Waals surface area contributed by atoms with Crippen molar-refractivity contribution in [2.45, 2.75) is 32.5 Å². The van der Waals surface area contributed by atoms with Gasteiger partial charge in [0.2, 0.25) is 0 Å². The lowest BCUT2D eigenvalue weighted by Gasteiger charge is -2.16. The molecule has 3 aromatic rings. The maximum absolute atomic E-state index is 11.7. The van der Waals surface area contributed by atoms with Crippen molar-refractivity contribution < 1.29 is 19.0 Å². The molecule has 150 valence electrons. The molecule has 0 amide bonds. The molecule has 0 aliphatic rings. The Labute approximate surface area is 172 Å². The summed E-state index contributed by atoms with van der Waals surface area (Å²) in [6.45, 7) is 2.93. The number of ether oxygens (including phenoxy) is 3. The Balaban J connectivity index is 1.77. The van der Waals surface area contributed by atoms with Crippen molar-refractivity contribution in [3.8, 4) is 11.5 Å². The summed E-state index contributed by atoms with van der Waals surface area (Å²) in [6.07, 6.45) is 0.302. The van der Waals surface area contributed by atoms with E-state index in [1.807, 2.05) is 85.8 Å². The van der Waals surface area contributed by atoms with Crippen LogP contribution in [0.5, 0.6) is 11.5 Å². The number of carbonyl (C=O) groups is 1. The van der Waals surface area contributed by atoms with Gasteiger partial charge in [0, 0.05) is 6.07 Å². The summed E-state index contributed by atoms with van der Waals surface area (Å²) < 4.78 is 16.8. The number of methoxy groups -OCH3 is 1. The highest BCUT2D eigenvalue weighted by Crippen LogP contribution is 2.30. The minimum atomic E-state index is -0.236. The van der Waals surface area contributed by atoms with Crippen molar-refractivity contribution in [1.82, 2.24) is 0 Å². The minimum absolute atomic E-state index is 0.0122. The smallest absolute Gasteiger partial charge is 0.306 e. The molecule has 29 heavy (non-hydrogen) atoms. The summed E-state index contributed by atoms with van der Waals surface area (Å²) in [5.41, 5.74) is 3.16. The van der Waals surface area contributed by atoms with E-state index in [4.69, 9.17) is 14.2 Å². The molecule has 0 saturated carbocycles. The second kappa shape index (κ2) is 10.3. The zero-order chi connectivity index (χ0) is 20.5. The van der Waals surface area contributed by atoms with E-state index in [-0.39, 0.29) is 11.9 Å². The molecule has 1 unspecified atom stereocenters. The van der Waals surface area contributed by atoms with Crippen molar-refractivity contribution >= 4 is 5.97 Å². The molecule has 3 aromatic carbocycles. The molecule has 0 aliphatic heterocycles. The van der Waals surface area contributed by atoms with Gasteiger partial charge in [-0.15, -0.1) is 0 Å². The Kier molecular flexibility index (Phi) is 7.28. The first kappa shape index (κ1) is 20.5. The van der Waals surface area contributed by atoms with Crippen LogP contribution in [-0.2, 0) is 22.7 Å². The lowest BCUT2D eigenvalue weighted by Crippen LogP contribution is -2.07. The molecule has 4 heteroatoms. The summed E-state index contributed by atoms with van der Waals surface area (Å²) >= 11 is 0. The lowest BCUT2D eigenvalue weighted by atomic mass is 9.97. The van der Waals surface area contributed by atoms with Gasteiger partial charge in [0.1, 0.15) is 24.7 Å². The Morgan fingerprint density at radius 1 is 0.793 bits per heavy atom. The molecular weight excluding hydrogens is 364 g/mol. The van der Waals surface area contributed by atoms with Gasteiger partial charge in [-0.3, -0.25) is 4.79 Å². The summed E-state index contributed by atoms with van der Waals surface area (Å²) in [6, 6.07) is 25.8. The van der Waals surface area contributed by atoms with Gasteiger partial charge in [-0.2, -0.15) is 0 Å². The van der Waals surface area contributed by atoms with Crippen molar-refractivity contribution in [3.05, 3.63) is 95.6 Å². The molecule has 1 atom stereocenters. The fraction of sp³-hybridized carbons (Fsp3) is 0.240. The molecule has 0 radical (unpaired) electrons. The van der Waals surface area contributed by atoms with Crippen LogP contribution in [0.1, 0.15) is 36.0 Å². The summed E-state index contributed by atoms with van der Waals surface area (Å²) in [4.78, 5) is 11.7. The maximum atomic E-state index is 11.7. The highest BCUT2D eigenvalue weighted by molar-refractivity contribution is 5.70. The molecule has 0 saturated heterocycles. The summed E-state index contributed by atoms with van der Waals surface area (Å²) in [7, 11) is 1.41. The van der Waals surface area contributed by atoms with Crippen molar-refractivity contribution in [3.63, 3.8) is 0 Å². The van der Waals surface area contributed by atoms with Crippen molar-refractivity contribution in [1.29, 1.82) is 0 Å². The predicted molar refractivity (Wildman–Crippen MR) is 113 cm³/mol. The molecule has 3 rings (SSSR count). The third-order valence-electron chi connectivity index (χ3n) is 4.67. The average molecular weight is 390 g/mol. The lowest BCUT2D eigenvalue weighted by molar-refractivity contribution is -0.140. The Bertz CT molecular complexity index is 845. The summed E-state index contributed by atoms with van der Waals surface area (Å²) in [5.74, 6) is 1.18. The monoisotopic (exact) mass is 390 g/mol. The largest absolute Gasteiger partial charge is 0.489 e. The molecule has 0 aliphatic carbocycles. The van der Waals surface area contributed by atoms with E-state index in [2.05, 4.69) is 0 Å². The van der Waals surface area contributed by atoms with E-state index in [0.29, 0.717) is 31.1 Å². The first-order chi connectivity index (χ1) is 14.1. The zero-order valence-electron chi connectivity index (χ0n) is 16.8. The van der Waals surface area contributed by atoms with Crippen LogP contribution >= 0.6 is 0 Å². The third kappa shape index (κ3) is 6.39. The molecular formula is C25H26O4. The number of hydrogen-bond acceptors (Lipinski definition) is 4. The third-order valence-corrected chi connectivity index (χ3v) is 4.67. The number of hydrogen-bond donors (Lipinski definition) is 0. The van der Waals surface area contributed by atoms with E-state index in [1.165, 1.54) is 7.11 Å². The maximum Gasteiger partial charge on any atom is 0.306 e. The van der Waals surface area contributed by atoms with Crippen LogP contribution in [0.2, 0.25) is 0 Å². The minimum Gasteiger partial charge on any atom is -0.489 e. The van der Waals surface area contributed by atoms with Gasteiger partial charge < -0.3 is 14.2 Å². The average Bonchev–Trinajstić information content (AvgIpc) is 2.77. The second-order valence-corrected chi connectivity index (χ2v) is 6.97. The molecule has 0 heterocycles. The Morgan fingerprint density at radius 2 is 1.28 bits per heavy atom. The molecule has 0 fully saturated rings. The van der Waals surface area contributed by atoms with Gasteiger partial charge in [0.25, 0.3) is 0 Å². The Hall–Kier alpha value is -3.27.